The zero-order valence-electron chi connectivity index (χ0n) is 22.9. The third-order valence-electron chi connectivity index (χ3n) is 6.00. The third-order valence-corrected chi connectivity index (χ3v) is 6.00. The molecular weight excluding hydrogens is 501 g/mol. The molecule has 1 aliphatic heterocycles. The van der Waals surface area contributed by atoms with Gasteiger partial charge in [-0.1, -0.05) is 17.9 Å². The summed E-state index contributed by atoms with van der Waals surface area (Å²) in [7, 11) is 7.00. The van der Waals surface area contributed by atoms with Gasteiger partial charge in [0.1, 0.15) is 11.9 Å². The molecule has 2 aromatic rings. The van der Waals surface area contributed by atoms with Gasteiger partial charge in [-0.25, -0.2) is 9.37 Å². The highest BCUT2D eigenvalue weighted by Gasteiger charge is 2.32. The molecule has 0 spiro atoms. The fourth-order valence-corrected chi connectivity index (χ4v) is 4.02. The molecule has 1 aromatic carbocycles. The number of rotatable bonds is 11. The average Bonchev–Trinajstić information content (AvgIpc) is 3.41. The van der Waals surface area contributed by atoms with E-state index in [0.717, 1.165) is 6.42 Å². The Morgan fingerprint density at radius 2 is 2.15 bits per heavy atom. The second kappa shape index (κ2) is 14.7. The predicted octanol–water partition coefficient (Wildman–Crippen LogP) is 2.77. The van der Waals surface area contributed by atoms with Gasteiger partial charge in [-0.3, -0.25) is 9.59 Å². The fourth-order valence-electron chi connectivity index (χ4n) is 4.02. The number of methoxy groups -OCH3 is 1. The van der Waals surface area contributed by atoms with Gasteiger partial charge in [0.05, 0.1) is 18.9 Å². The van der Waals surface area contributed by atoms with E-state index in [2.05, 4.69) is 37.8 Å². The van der Waals surface area contributed by atoms with Gasteiger partial charge in [0.15, 0.2) is 11.6 Å². The molecule has 0 radical (unpaired) electrons. The van der Waals surface area contributed by atoms with Gasteiger partial charge < -0.3 is 30.5 Å². The highest BCUT2D eigenvalue weighted by atomic mass is 19.1. The number of likely N-dealkylation sites (tertiary alicyclic amines) is 1. The lowest BCUT2D eigenvalue weighted by Crippen LogP contribution is -2.45. The molecule has 0 unspecified atom stereocenters. The van der Waals surface area contributed by atoms with Gasteiger partial charge in [-0.2, -0.15) is 4.98 Å². The van der Waals surface area contributed by atoms with E-state index in [1.54, 1.807) is 30.3 Å². The number of hydrogen-bond acceptors (Lipinski definition) is 8. The third kappa shape index (κ3) is 8.68. The van der Waals surface area contributed by atoms with Crippen molar-refractivity contribution in [3.05, 3.63) is 47.9 Å². The molecule has 208 valence electrons. The number of likely N-dealkylation sites (N-methyl/N-ethyl adjacent to an activating group) is 1. The number of benzene rings is 1. The highest BCUT2D eigenvalue weighted by Crippen LogP contribution is 2.23. The number of amides is 2. The van der Waals surface area contributed by atoms with E-state index < -0.39 is 11.9 Å². The molecule has 1 fully saturated rings. The number of hydrogen-bond donors (Lipinski definition) is 3. The Balaban J connectivity index is 1.47. The number of halogens is 1. The van der Waals surface area contributed by atoms with Crippen LogP contribution in [0.2, 0.25) is 0 Å². The molecule has 1 saturated heterocycles. The molecular formula is C28H36FN7O3. The summed E-state index contributed by atoms with van der Waals surface area (Å²) in [5, 5.41) is 8.89. The first-order valence-corrected chi connectivity index (χ1v) is 12.9. The lowest BCUT2D eigenvalue weighted by atomic mass is 10.2. The van der Waals surface area contributed by atoms with Crippen LogP contribution in [0.25, 0.3) is 0 Å². The Labute approximate surface area is 229 Å². The monoisotopic (exact) mass is 537 g/mol. The minimum atomic E-state index is -0.489. The van der Waals surface area contributed by atoms with Crippen LogP contribution in [0.3, 0.4) is 0 Å². The molecule has 2 amide bonds. The van der Waals surface area contributed by atoms with Crippen molar-refractivity contribution in [3.8, 4) is 17.6 Å². The van der Waals surface area contributed by atoms with E-state index in [-0.39, 0.29) is 17.6 Å². The van der Waals surface area contributed by atoms with Crippen molar-refractivity contribution < 1.29 is 18.7 Å². The normalized spacial score (nSPS) is 14.7. The quantitative estimate of drug-likeness (QED) is 0.228. The standard InChI is InChI=1S/C28H36FN7O3/c1-30-26-20(19-32-28(34-26)33-21-13-14-24(39-4)22(29)18-21)10-6-5-7-15-31-27(38)23-11-8-17-36(23)25(37)12-9-16-35(2)3/h9,12-14,18-19,23H,5,7-8,11,15-17H2,1-4H3,(H,31,38)(H2,30,32,33,34)/b12-9+/t23-/m0/s1. The molecule has 0 aliphatic carbocycles. The van der Waals surface area contributed by atoms with Gasteiger partial charge in [0.25, 0.3) is 0 Å². The van der Waals surface area contributed by atoms with Crippen molar-refractivity contribution in [2.45, 2.75) is 31.7 Å². The molecule has 0 saturated carbocycles. The molecule has 11 heteroatoms. The first-order chi connectivity index (χ1) is 18.8. The van der Waals surface area contributed by atoms with Gasteiger partial charge in [-0.05, 0) is 45.5 Å². The van der Waals surface area contributed by atoms with E-state index >= 15 is 0 Å². The first-order valence-electron chi connectivity index (χ1n) is 12.9. The van der Waals surface area contributed by atoms with Crippen LogP contribution in [-0.4, -0.2) is 85.5 Å². The van der Waals surface area contributed by atoms with Gasteiger partial charge in [0.2, 0.25) is 17.8 Å². The van der Waals surface area contributed by atoms with Crippen LogP contribution < -0.4 is 20.7 Å². The van der Waals surface area contributed by atoms with E-state index in [1.165, 1.54) is 19.2 Å². The van der Waals surface area contributed by atoms with E-state index in [0.29, 0.717) is 61.9 Å². The summed E-state index contributed by atoms with van der Waals surface area (Å²) < 4.78 is 18.9. The van der Waals surface area contributed by atoms with Crippen molar-refractivity contribution in [3.63, 3.8) is 0 Å². The molecule has 0 bridgehead atoms. The van der Waals surface area contributed by atoms with Crippen LogP contribution in [0, 0.1) is 17.7 Å². The van der Waals surface area contributed by atoms with E-state index in [1.807, 2.05) is 25.1 Å². The van der Waals surface area contributed by atoms with Crippen molar-refractivity contribution >= 4 is 29.3 Å². The molecule has 1 atom stereocenters. The maximum atomic E-state index is 13.9. The van der Waals surface area contributed by atoms with Gasteiger partial charge >= 0.3 is 0 Å². The number of ether oxygens (including phenoxy) is 1. The van der Waals surface area contributed by atoms with Crippen LogP contribution in [0.1, 0.15) is 31.2 Å². The van der Waals surface area contributed by atoms with Gasteiger partial charge in [-0.15, -0.1) is 0 Å². The number of nitrogens with zero attached hydrogens (tertiary/aromatic N) is 4. The Kier molecular flexibility index (Phi) is 11.1. The van der Waals surface area contributed by atoms with Crippen LogP contribution in [0.15, 0.2) is 36.5 Å². The summed E-state index contributed by atoms with van der Waals surface area (Å²) in [5.41, 5.74) is 1.11. The summed E-state index contributed by atoms with van der Waals surface area (Å²) in [4.78, 5) is 37.4. The van der Waals surface area contributed by atoms with Crippen LogP contribution in [-0.2, 0) is 9.59 Å². The Morgan fingerprint density at radius 1 is 1.33 bits per heavy atom. The highest BCUT2D eigenvalue weighted by molar-refractivity contribution is 5.93. The fraction of sp³-hybridized carbons (Fsp3) is 0.429. The van der Waals surface area contributed by atoms with Crippen LogP contribution >= 0.6 is 0 Å². The number of carbonyl (C=O) groups is 2. The smallest absolute Gasteiger partial charge is 0.246 e. The number of nitrogens with one attached hydrogen (secondary N) is 3. The van der Waals surface area contributed by atoms with E-state index in [9.17, 15) is 14.0 Å². The maximum absolute atomic E-state index is 13.9. The number of carbonyl (C=O) groups excluding carboxylic acids is 2. The molecule has 39 heavy (non-hydrogen) atoms. The topological polar surface area (TPSA) is 112 Å². The Morgan fingerprint density at radius 3 is 2.87 bits per heavy atom. The molecule has 1 aliphatic rings. The summed E-state index contributed by atoms with van der Waals surface area (Å²) in [5.74, 6) is 6.39. The molecule has 3 N–H and O–H groups in total. The van der Waals surface area contributed by atoms with Crippen LogP contribution in [0.4, 0.5) is 21.8 Å². The minimum absolute atomic E-state index is 0.125. The zero-order valence-corrected chi connectivity index (χ0v) is 22.9. The minimum Gasteiger partial charge on any atom is -0.494 e. The van der Waals surface area contributed by atoms with Crippen molar-refractivity contribution in [2.24, 2.45) is 0 Å². The Hall–Kier alpha value is -4.17. The maximum Gasteiger partial charge on any atom is 0.246 e. The molecule has 10 nitrogen and oxygen atoms in total. The van der Waals surface area contributed by atoms with Crippen molar-refractivity contribution in [1.82, 2.24) is 25.1 Å². The average molecular weight is 538 g/mol. The van der Waals surface area contributed by atoms with Crippen LogP contribution in [0.5, 0.6) is 5.75 Å². The largest absolute Gasteiger partial charge is 0.494 e. The SMILES string of the molecule is CNc1nc(Nc2ccc(OC)c(F)c2)ncc1C#CCCCNC(=O)[C@@H]1CCCN1C(=O)/C=C/CN(C)C. The summed E-state index contributed by atoms with van der Waals surface area (Å²) in [6.45, 7) is 1.74. The first kappa shape index (κ1) is 29.4. The second-order valence-corrected chi connectivity index (χ2v) is 9.23. The van der Waals surface area contributed by atoms with Crippen molar-refractivity contribution in [2.75, 3.05) is 58.5 Å². The summed E-state index contributed by atoms with van der Waals surface area (Å²) >= 11 is 0. The molecule has 2 heterocycles. The number of anilines is 3. The lowest BCUT2D eigenvalue weighted by Gasteiger charge is -2.22. The molecule has 1 aromatic heterocycles. The predicted molar refractivity (Wildman–Crippen MR) is 149 cm³/mol. The lowest BCUT2D eigenvalue weighted by molar-refractivity contribution is -0.135. The summed E-state index contributed by atoms with van der Waals surface area (Å²) in [6, 6.07) is 4.07. The molecule has 3 rings (SSSR count). The number of aromatic nitrogens is 2. The van der Waals surface area contributed by atoms with Gasteiger partial charge in [0, 0.05) is 50.9 Å². The number of unbranched alkanes of at least 4 members (excludes halogenated alkanes) is 1. The van der Waals surface area contributed by atoms with Crippen molar-refractivity contribution in [1.29, 1.82) is 0 Å². The summed E-state index contributed by atoms with van der Waals surface area (Å²) in [6.07, 6.45) is 7.67. The Bertz CT molecular complexity index is 1240. The second-order valence-electron chi connectivity index (χ2n) is 9.23. The zero-order chi connectivity index (χ0) is 28.2. The van der Waals surface area contributed by atoms with E-state index in [4.69, 9.17) is 4.74 Å².